The van der Waals surface area contributed by atoms with Crippen LogP contribution in [-0.2, 0) is 10.3 Å². The molecule has 2 heteroatoms. The second-order valence-corrected chi connectivity index (χ2v) is 4.25. The Balaban J connectivity index is 2.08. The summed E-state index contributed by atoms with van der Waals surface area (Å²) in [5.41, 5.74) is 2.61. The minimum atomic E-state index is -0.0589. The van der Waals surface area contributed by atoms with Gasteiger partial charge in [0.15, 0.2) is 0 Å². The number of benzene rings is 1. The smallest absolute Gasteiger partial charge is 0.136 e. The van der Waals surface area contributed by atoms with Gasteiger partial charge in [0, 0.05) is 18.4 Å². The van der Waals surface area contributed by atoms with Crippen LogP contribution < -0.4 is 5.32 Å². The van der Waals surface area contributed by atoms with E-state index in [4.69, 9.17) is 4.74 Å². The van der Waals surface area contributed by atoms with Crippen molar-refractivity contribution in [2.45, 2.75) is 18.4 Å². The van der Waals surface area contributed by atoms with Crippen LogP contribution in [0.5, 0.6) is 0 Å². The van der Waals surface area contributed by atoms with Gasteiger partial charge in [-0.2, -0.15) is 0 Å². The molecule has 0 aromatic heterocycles. The van der Waals surface area contributed by atoms with Crippen LogP contribution in [0.4, 0.5) is 0 Å². The Labute approximate surface area is 89.9 Å². The molecular formula is C13H15NO. The number of rotatable bonds is 0. The van der Waals surface area contributed by atoms with Gasteiger partial charge in [0.05, 0.1) is 6.26 Å². The Hall–Kier alpha value is -1.28. The molecule has 0 saturated carbocycles. The molecule has 15 heavy (non-hydrogen) atoms. The van der Waals surface area contributed by atoms with Crippen LogP contribution in [-0.4, -0.2) is 13.1 Å². The predicted octanol–water partition coefficient (Wildman–Crippen LogP) is 2.27. The van der Waals surface area contributed by atoms with Gasteiger partial charge in [-0.3, -0.25) is 0 Å². The molecule has 3 rings (SSSR count). The van der Waals surface area contributed by atoms with Crippen molar-refractivity contribution in [3.8, 4) is 0 Å². The SMILES string of the molecule is C1=Cc2ccccc2C2(CCNCC2)O1. The van der Waals surface area contributed by atoms with Crippen molar-refractivity contribution >= 4 is 6.08 Å². The lowest BCUT2D eigenvalue weighted by molar-refractivity contribution is -0.0120. The van der Waals surface area contributed by atoms with Crippen molar-refractivity contribution in [2.75, 3.05) is 13.1 Å². The molecule has 2 heterocycles. The van der Waals surface area contributed by atoms with E-state index in [0.717, 1.165) is 25.9 Å². The summed E-state index contributed by atoms with van der Waals surface area (Å²) in [6, 6.07) is 8.55. The summed E-state index contributed by atoms with van der Waals surface area (Å²) >= 11 is 0. The van der Waals surface area contributed by atoms with Crippen molar-refractivity contribution in [1.29, 1.82) is 0 Å². The molecule has 0 bridgehead atoms. The van der Waals surface area contributed by atoms with Crippen LogP contribution in [0.25, 0.3) is 6.08 Å². The fourth-order valence-corrected chi connectivity index (χ4v) is 2.58. The quantitative estimate of drug-likeness (QED) is 0.695. The third kappa shape index (κ3) is 1.37. The summed E-state index contributed by atoms with van der Waals surface area (Å²) < 4.78 is 5.91. The molecule has 0 unspecified atom stereocenters. The van der Waals surface area contributed by atoms with Gasteiger partial charge in [0.1, 0.15) is 5.60 Å². The normalized spacial score (nSPS) is 22.1. The summed E-state index contributed by atoms with van der Waals surface area (Å²) in [6.07, 6.45) is 6.04. The van der Waals surface area contributed by atoms with Crippen LogP contribution in [0, 0.1) is 0 Å². The van der Waals surface area contributed by atoms with E-state index in [0.29, 0.717) is 0 Å². The molecule has 78 valence electrons. The van der Waals surface area contributed by atoms with Crippen molar-refractivity contribution in [2.24, 2.45) is 0 Å². The second-order valence-electron chi connectivity index (χ2n) is 4.25. The highest BCUT2D eigenvalue weighted by molar-refractivity contribution is 5.57. The lowest BCUT2D eigenvalue weighted by Crippen LogP contribution is -2.42. The monoisotopic (exact) mass is 201 g/mol. The minimum absolute atomic E-state index is 0.0589. The zero-order valence-corrected chi connectivity index (χ0v) is 8.70. The van der Waals surface area contributed by atoms with Crippen LogP contribution in [0.15, 0.2) is 30.5 Å². The van der Waals surface area contributed by atoms with Gasteiger partial charge in [-0.1, -0.05) is 24.3 Å². The van der Waals surface area contributed by atoms with E-state index >= 15 is 0 Å². The van der Waals surface area contributed by atoms with Crippen LogP contribution in [0.1, 0.15) is 24.0 Å². The Kier molecular flexibility index (Phi) is 2.03. The van der Waals surface area contributed by atoms with Gasteiger partial charge < -0.3 is 10.1 Å². The molecule has 1 saturated heterocycles. The Morgan fingerprint density at radius 1 is 1.13 bits per heavy atom. The first kappa shape index (κ1) is 8.98. The van der Waals surface area contributed by atoms with Gasteiger partial charge in [-0.05, 0) is 24.7 Å². The maximum Gasteiger partial charge on any atom is 0.136 e. The maximum atomic E-state index is 5.91. The molecule has 1 aromatic rings. The fourth-order valence-electron chi connectivity index (χ4n) is 2.58. The standard InChI is InChI=1S/C13H15NO/c1-2-4-12-11(3-1)5-10-15-13(12)6-8-14-9-7-13/h1-5,10,14H,6-9H2. The van der Waals surface area contributed by atoms with E-state index in [2.05, 4.69) is 35.7 Å². The minimum Gasteiger partial charge on any atom is -0.490 e. The lowest BCUT2D eigenvalue weighted by Gasteiger charge is -2.40. The highest BCUT2D eigenvalue weighted by Crippen LogP contribution is 2.39. The molecule has 1 fully saturated rings. The molecule has 2 aliphatic rings. The van der Waals surface area contributed by atoms with Gasteiger partial charge in [0.2, 0.25) is 0 Å². The summed E-state index contributed by atoms with van der Waals surface area (Å²) in [7, 11) is 0. The van der Waals surface area contributed by atoms with Crippen LogP contribution in [0.3, 0.4) is 0 Å². The van der Waals surface area contributed by atoms with Crippen molar-refractivity contribution in [3.63, 3.8) is 0 Å². The van der Waals surface area contributed by atoms with E-state index in [-0.39, 0.29) is 5.60 Å². The number of ether oxygens (including phenoxy) is 1. The molecule has 1 aromatic carbocycles. The van der Waals surface area contributed by atoms with Crippen molar-refractivity contribution in [3.05, 3.63) is 41.7 Å². The van der Waals surface area contributed by atoms with E-state index in [9.17, 15) is 0 Å². The molecule has 0 radical (unpaired) electrons. The first-order chi connectivity index (χ1) is 7.41. The maximum absolute atomic E-state index is 5.91. The third-order valence-electron chi connectivity index (χ3n) is 3.40. The largest absolute Gasteiger partial charge is 0.490 e. The highest BCUT2D eigenvalue weighted by Gasteiger charge is 2.37. The highest BCUT2D eigenvalue weighted by atomic mass is 16.5. The number of hydrogen-bond acceptors (Lipinski definition) is 2. The molecule has 0 amide bonds. The van der Waals surface area contributed by atoms with Crippen LogP contribution >= 0.6 is 0 Å². The summed E-state index contributed by atoms with van der Waals surface area (Å²) in [6.45, 7) is 2.09. The topological polar surface area (TPSA) is 21.3 Å². The lowest BCUT2D eigenvalue weighted by atomic mass is 9.81. The zero-order chi connectivity index (χ0) is 10.1. The number of fused-ring (bicyclic) bond motifs is 2. The summed E-state index contributed by atoms with van der Waals surface area (Å²) in [5.74, 6) is 0. The summed E-state index contributed by atoms with van der Waals surface area (Å²) in [4.78, 5) is 0. The first-order valence-corrected chi connectivity index (χ1v) is 5.55. The average Bonchev–Trinajstić information content (AvgIpc) is 2.31. The molecule has 0 aliphatic carbocycles. The molecule has 2 nitrogen and oxygen atoms in total. The number of nitrogens with one attached hydrogen (secondary N) is 1. The molecule has 1 spiro atoms. The number of hydrogen-bond donors (Lipinski definition) is 1. The molecule has 0 atom stereocenters. The number of piperidine rings is 1. The van der Waals surface area contributed by atoms with Gasteiger partial charge >= 0.3 is 0 Å². The fraction of sp³-hybridized carbons (Fsp3) is 0.385. The van der Waals surface area contributed by atoms with E-state index < -0.39 is 0 Å². The molecular weight excluding hydrogens is 186 g/mol. The van der Waals surface area contributed by atoms with Crippen LogP contribution in [0.2, 0.25) is 0 Å². The average molecular weight is 201 g/mol. The van der Waals surface area contributed by atoms with Gasteiger partial charge in [-0.15, -0.1) is 0 Å². The van der Waals surface area contributed by atoms with Crippen molar-refractivity contribution in [1.82, 2.24) is 5.32 Å². The van der Waals surface area contributed by atoms with E-state index in [1.165, 1.54) is 11.1 Å². The summed E-state index contributed by atoms with van der Waals surface area (Å²) in [5, 5.41) is 3.38. The second kappa shape index (κ2) is 3.38. The van der Waals surface area contributed by atoms with Gasteiger partial charge in [-0.25, -0.2) is 0 Å². The van der Waals surface area contributed by atoms with E-state index in [1.54, 1.807) is 0 Å². The molecule has 1 N–H and O–H groups in total. The Morgan fingerprint density at radius 3 is 2.80 bits per heavy atom. The Bertz CT molecular complexity index is 391. The van der Waals surface area contributed by atoms with E-state index in [1.807, 2.05) is 6.26 Å². The van der Waals surface area contributed by atoms with Gasteiger partial charge in [0.25, 0.3) is 0 Å². The molecule has 2 aliphatic heterocycles. The first-order valence-electron chi connectivity index (χ1n) is 5.55. The third-order valence-corrected chi connectivity index (χ3v) is 3.40. The van der Waals surface area contributed by atoms with Crippen molar-refractivity contribution < 1.29 is 4.74 Å². The zero-order valence-electron chi connectivity index (χ0n) is 8.70. The predicted molar refractivity (Wildman–Crippen MR) is 60.3 cm³/mol. The Morgan fingerprint density at radius 2 is 1.93 bits per heavy atom.